The number of nitrogens with zero attached hydrogens (tertiary/aromatic N) is 3. The SMILES string of the molecule is Cc1nc(NN)c(C)c(NCc2cnc(C)s2)n1. The molecule has 0 spiro atoms. The number of nitrogens with two attached hydrogens (primary N) is 1. The maximum absolute atomic E-state index is 5.42. The molecule has 0 saturated carbocycles. The molecule has 18 heavy (non-hydrogen) atoms. The number of hydrogen-bond donors (Lipinski definition) is 3. The summed E-state index contributed by atoms with van der Waals surface area (Å²) in [4.78, 5) is 14.0. The van der Waals surface area contributed by atoms with Gasteiger partial charge in [-0.05, 0) is 20.8 Å². The highest BCUT2D eigenvalue weighted by Crippen LogP contribution is 2.20. The van der Waals surface area contributed by atoms with Gasteiger partial charge in [-0.1, -0.05) is 0 Å². The van der Waals surface area contributed by atoms with Crippen LogP contribution in [-0.4, -0.2) is 15.0 Å². The molecular weight excluding hydrogens is 248 g/mol. The van der Waals surface area contributed by atoms with Crippen molar-refractivity contribution in [2.24, 2.45) is 5.84 Å². The van der Waals surface area contributed by atoms with E-state index >= 15 is 0 Å². The van der Waals surface area contributed by atoms with Gasteiger partial charge in [0, 0.05) is 16.6 Å². The summed E-state index contributed by atoms with van der Waals surface area (Å²) in [6.45, 7) is 6.45. The van der Waals surface area contributed by atoms with Crippen LogP contribution in [0.1, 0.15) is 21.3 Å². The minimum Gasteiger partial charge on any atom is -0.365 e. The van der Waals surface area contributed by atoms with E-state index in [2.05, 4.69) is 25.7 Å². The van der Waals surface area contributed by atoms with E-state index in [-0.39, 0.29) is 0 Å². The first-order chi connectivity index (χ1) is 8.60. The Morgan fingerprint density at radius 3 is 2.56 bits per heavy atom. The van der Waals surface area contributed by atoms with Gasteiger partial charge in [-0.25, -0.2) is 20.8 Å². The van der Waals surface area contributed by atoms with Crippen molar-refractivity contribution in [2.45, 2.75) is 27.3 Å². The van der Waals surface area contributed by atoms with E-state index in [9.17, 15) is 0 Å². The molecule has 0 aromatic carbocycles. The molecule has 2 rings (SSSR count). The van der Waals surface area contributed by atoms with Crippen molar-refractivity contribution in [1.29, 1.82) is 0 Å². The summed E-state index contributed by atoms with van der Waals surface area (Å²) in [6.07, 6.45) is 1.87. The fourth-order valence-electron chi connectivity index (χ4n) is 1.60. The number of aromatic nitrogens is 3. The summed E-state index contributed by atoms with van der Waals surface area (Å²) in [7, 11) is 0. The number of anilines is 2. The summed E-state index contributed by atoms with van der Waals surface area (Å²) in [5.74, 6) is 7.54. The Bertz CT molecular complexity index is 550. The van der Waals surface area contributed by atoms with Crippen LogP contribution in [0.3, 0.4) is 0 Å². The van der Waals surface area contributed by atoms with E-state index in [0.717, 1.165) is 16.4 Å². The highest BCUT2D eigenvalue weighted by molar-refractivity contribution is 7.11. The van der Waals surface area contributed by atoms with Gasteiger partial charge in [0.05, 0.1) is 11.6 Å². The molecule has 0 amide bonds. The number of hydrogen-bond acceptors (Lipinski definition) is 7. The molecule has 2 aromatic rings. The fraction of sp³-hybridized carbons (Fsp3) is 0.364. The Morgan fingerprint density at radius 2 is 1.94 bits per heavy atom. The summed E-state index contributed by atoms with van der Waals surface area (Å²) < 4.78 is 0. The van der Waals surface area contributed by atoms with E-state index in [4.69, 9.17) is 5.84 Å². The first-order valence-electron chi connectivity index (χ1n) is 5.57. The molecule has 0 bridgehead atoms. The molecule has 0 aliphatic carbocycles. The Balaban J connectivity index is 2.16. The Hall–Kier alpha value is -1.73. The standard InChI is InChI=1S/C11H16N6S/c1-6-10(15-7(2)16-11(6)17-12)14-5-9-4-13-8(3)18-9/h4H,5,12H2,1-3H3,(H2,14,15,16,17). The van der Waals surface area contributed by atoms with Crippen LogP contribution in [0.5, 0.6) is 0 Å². The first-order valence-corrected chi connectivity index (χ1v) is 6.39. The molecule has 6 nitrogen and oxygen atoms in total. The molecule has 0 atom stereocenters. The summed E-state index contributed by atoms with van der Waals surface area (Å²) in [6, 6.07) is 0. The van der Waals surface area contributed by atoms with Crippen molar-refractivity contribution in [3.63, 3.8) is 0 Å². The van der Waals surface area contributed by atoms with Gasteiger partial charge in [-0.3, -0.25) is 0 Å². The molecule has 0 saturated heterocycles. The minimum absolute atomic E-state index is 0.644. The van der Waals surface area contributed by atoms with Crippen LogP contribution in [0.25, 0.3) is 0 Å². The molecule has 0 unspecified atom stereocenters. The van der Waals surface area contributed by atoms with Crippen LogP contribution < -0.4 is 16.6 Å². The lowest BCUT2D eigenvalue weighted by molar-refractivity contribution is 1.00. The minimum atomic E-state index is 0.644. The van der Waals surface area contributed by atoms with Crippen molar-refractivity contribution in [2.75, 3.05) is 10.7 Å². The molecule has 0 fully saturated rings. The average molecular weight is 264 g/mol. The monoisotopic (exact) mass is 264 g/mol. The Labute approximate surface area is 110 Å². The highest BCUT2D eigenvalue weighted by Gasteiger charge is 2.08. The molecular formula is C11H16N6S. The van der Waals surface area contributed by atoms with Gasteiger partial charge in [0.25, 0.3) is 0 Å². The molecule has 2 aromatic heterocycles. The van der Waals surface area contributed by atoms with Gasteiger partial charge in [-0.2, -0.15) is 0 Å². The molecule has 7 heteroatoms. The number of nitrogens with one attached hydrogen (secondary N) is 2. The van der Waals surface area contributed by atoms with Gasteiger partial charge >= 0.3 is 0 Å². The Kier molecular flexibility index (Phi) is 3.73. The number of hydrazine groups is 1. The van der Waals surface area contributed by atoms with Crippen LogP contribution in [-0.2, 0) is 6.54 Å². The second-order valence-electron chi connectivity index (χ2n) is 3.94. The van der Waals surface area contributed by atoms with Gasteiger partial charge in [0.15, 0.2) is 0 Å². The van der Waals surface area contributed by atoms with E-state index in [0.29, 0.717) is 18.2 Å². The van der Waals surface area contributed by atoms with E-state index in [1.54, 1.807) is 11.3 Å². The topological polar surface area (TPSA) is 88.8 Å². The molecule has 96 valence electrons. The molecule has 0 aliphatic heterocycles. The van der Waals surface area contributed by atoms with Crippen molar-refractivity contribution in [1.82, 2.24) is 15.0 Å². The van der Waals surface area contributed by atoms with Crippen LogP contribution >= 0.6 is 11.3 Å². The number of thiazole rings is 1. The van der Waals surface area contributed by atoms with Gasteiger partial charge in [-0.15, -0.1) is 11.3 Å². The van der Waals surface area contributed by atoms with E-state index in [1.807, 2.05) is 27.0 Å². The lowest BCUT2D eigenvalue weighted by Gasteiger charge is -2.11. The smallest absolute Gasteiger partial charge is 0.148 e. The van der Waals surface area contributed by atoms with Crippen LogP contribution in [0.2, 0.25) is 0 Å². The largest absolute Gasteiger partial charge is 0.365 e. The van der Waals surface area contributed by atoms with Crippen LogP contribution in [0.4, 0.5) is 11.6 Å². The quantitative estimate of drug-likeness (QED) is 0.576. The molecule has 0 aliphatic rings. The molecule has 0 radical (unpaired) electrons. The number of rotatable bonds is 4. The lowest BCUT2D eigenvalue weighted by atomic mass is 10.3. The second-order valence-corrected chi connectivity index (χ2v) is 5.26. The predicted octanol–water partition coefficient (Wildman–Crippen LogP) is 1.76. The fourth-order valence-corrected chi connectivity index (χ4v) is 2.33. The van der Waals surface area contributed by atoms with Crippen LogP contribution in [0, 0.1) is 20.8 Å². The van der Waals surface area contributed by atoms with Gasteiger partial charge in [0.1, 0.15) is 17.5 Å². The molecule has 4 N–H and O–H groups in total. The lowest BCUT2D eigenvalue weighted by Crippen LogP contribution is -2.13. The summed E-state index contributed by atoms with van der Waals surface area (Å²) in [5.41, 5.74) is 3.48. The van der Waals surface area contributed by atoms with Crippen molar-refractivity contribution >= 4 is 23.0 Å². The van der Waals surface area contributed by atoms with Gasteiger partial charge < -0.3 is 10.7 Å². The predicted molar refractivity (Wildman–Crippen MR) is 73.5 cm³/mol. The van der Waals surface area contributed by atoms with Crippen molar-refractivity contribution < 1.29 is 0 Å². The summed E-state index contributed by atoms with van der Waals surface area (Å²) in [5, 5.41) is 4.34. The maximum atomic E-state index is 5.42. The normalized spacial score (nSPS) is 10.4. The second kappa shape index (κ2) is 5.28. The third-order valence-electron chi connectivity index (χ3n) is 2.49. The zero-order valence-corrected chi connectivity index (χ0v) is 11.4. The molecule has 2 heterocycles. The van der Waals surface area contributed by atoms with Crippen molar-refractivity contribution in [3.8, 4) is 0 Å². The third-order valence-corrected chi connectivity index (χ3v) is 3.41. The summed E-state index contributed by atoms with van der Waals surface area (Å²) >= 11 is 1.67. The maximum Gasteiger partial charge on any atom is 0.148 e. The first kappa shape index (κ1) is 12.7. The van der Waals surface area contributed by atoms with Crippen LogP contribution in [0.15, 0.2) is 6.20 Å². The third kappa shape index (κ3) is 2.74. The average Bonchev–Trinajstić information content (AvgIpc) is 2.75. The van der Waals surface area contributed by atoms with E-state index < -0.39 is 0 Å². The zero-order chi connectivity index (χ0) is 13.1. The van der Waals surface area contributed by atoms with Crippen molar-refractivity contribution in [3.05, 3.63) is 27.5 Å². The number of aryl methyl sites for hydroxylation is 2. The Morgan fingerprint density at radius 1 is 1.22 bits per heavy atom. The highest BCUT2D eigenvalue weighted by atomic mass is 32.1. The van der Waals surface area contributed by atoms with Gasteiger partial charge in [0.2, 0.25) is 0 Å². The van der Waals surface area contributed by atoms with E-state index in [1.165, 1.54) is 4.88 Å². The zero-order valence-electron chi connectivity index (χ0n) is 10.6. The number of nitrogen functional groups attached to an aromatic ring is 1.